The molecule has 23 heavy (non-hydrogen) atoms. The number of benzene rings is 1. The lowest BCUT2D eigenvalue weighted by Gasteiger charge is -2.36. The number of hydrogen-bond donors (Lipinski definition) is 0. The van der Waals surface area contributed by atoms with Gasteiger partial charge in [-0.2, -0.15) is 0 Å². The molecular weight excluding hydrogens is 315 g/mol. The first-order valence-electron chi connectivity index (χ1n) is 7.67. The molecule has 1 atom stereocenters. The van der Waals surface area contributed by atoms with Crippen molar-refractivity contribution in [1.29, 1.82) is 0 Å². The van der Waals surface area contributed by atoms with Crippen molar-refractivity contribution in [3.05, 3.63) is 42.0 Å². The van der Waals surface area contributed by atoms with Crippen LogP contribution in [0.15, 0.2) is 35.7 Å². The molecule has 2 heterocycles. The lowest BCUT2D eigenvalue weighted by Crippen LogP contribution is -2.39. The number of halogens is 1. The zero-order valence-electron chi connectivity index (χ0n) is 13.0. The van der Waals surface area contributed by atoms with Crippen LogP contribution in [0.4, 0.5) is 4.39 Å². The minimum Gasteiger partial charge on any atom is -0.335 e. The monoisotopic (exact) mass is 334 g/mol. The van der Waals surface area contributed by atoms with Gasteiger partial charge in [0.2, 0.25) is 5.91 Å². The first-order chi connectivity index (χ1) is 11.1. The molecule has 1 aromatic heterocycles. The first kappa shape index (κ1) is 16.0. The van der Waals surface area contributed by atoms with Crippen LogP contribution in [0.2, 0.25) is 0 Å². The van der Waals surface area contributed by atoms with Gasteiger partial charge in [-0.3, -0.25) is 4.79 Å². The van der Waals surface area contributed by atoms with Gasteiger partial charge in [0.15, 0.2) is 5.16 Å². The van der Waals surface area contributed by atoms with E-state index in [-0.39, 0.29) is 17.8 Å². The average Bonchev–Trinajstić information content (AvgIpc) is 2.98. The van der Waals surface area contributed by atoms with Crippen molar-refractivity contribution in [1.82, 2.24) is 19.7 Å². The number of likely N-dealkylation sites (tertiary alicyclic amines) is 1. The summed E-state index contributed by atoms with van der Waals surface area (Å²) in [5, 5.41) is 8.53. The average molecular weight is 334 g/mol. The Morgan fingerprint density at radius 1 is 1.35 bits per heavy atom. The predicted octanol–water partition coefficient (Wildman–Crippen LogP) is 2.80. The van der Waals surface area contributed by atoms with Crippen LogP contribution in [0.1, 0.15) is 30.9 Å². The van der Waals surface area contributed by atoms with Gasteiger partial charge in [0.25, 0.3) is 0 Å². The van der Waals surface area contributed by atoms with Crippen LogP contribution in [-0.2, 0) is 11.8 Å². The van der Waals surface area contributed by atoms with Crippen LogP contribution in [0.3, 0.4) is 0 Å². The molecule has 0 unspecified atom stereocenters. The Bertz CT molecular complexity index is 673. The maximum atomic E-state index is 13.1. The zero-order chi connectivity index (χ0) is 16.2. The van der Waals surface area contributed by atoms with Gasteiger partial charge in [-0.1, -0.05) is 23.9 Å². The van der Waals surface area contributed by atoms with Crippen molar-refractivity contribution in [2.45, 2.75) is 30.5 Å². The van der Waals surface area contributed by atoms with Crippen LogP contribution in [0.5, 0.6) is 0 Å². The van der Waals surface area contributed by atoms with E-state index in [1.165, 1.54) is 23.9 Å². The SMILES string of the molecule is Cn1cnnc1SCC(=O)N1CCCC[C@@H]1c1ccc(F)cc1. The molecule has 0 aliphatic carbocycles. The lowest BCUT2D eigenvalue weighted by atomic mass is 9.95. The number of piperidine rings is 1. The Labute approximate surface area is 138 Å². The van der Waals surface area contributed by atoms with E-state index >= 15 is 0 Å². The Kier molecular flexibility index (Phi) is 4.95. The van der Waals surface area contributed by atoms with E-state index in [4.69, 9.17) is 0 Å². The summed E-state index contributed by atoms with van der Waals surface area (Å²) in [7, 11) is 1.86. The van der Waals surface area contributed by atoms with Gasteiger partial charge in [0, 0.05) is 13.6 Å². The van der Waals surface area contributed by atoms with E-state index in [0.29, 0.717) is 5.75 Å². The summed E-state index contributed by atoms with van der Waals surface area (Å²) in [5.74, 6) is 0.178. The Balaban J connectivity index is 1.69. The van der Waals surface area contributed by atoms with Gasteiger partial charge in [-0.05, 0) is 37.0 Å². The fraction of sp³-hybridized carbons (Fsp3) is 0.438. The summed E-state index contributed by atoms with van der Waals surface area (Å²) in [6.45, 7) is 0.750. The lowest BCUT2D eigenvalue weighted by molar-refractivity contribution is -0.132. The van der Waals surface area contributed by atoms with E-state index < -0.39 is 0 Å². The molecule has 0 bridgehead atoms. The van der Waals surface area contributed by atoms with E-state index in [1.54, 1.807) is 23.0 Å². The number of hydrogen-bond acceptors (Lipinski definition) is 4. The van der Waals surface area contributed by atoms with Gasteiger partial charge in [0.05, 0.1) is 11.8 Å². The van der Waals surface area contributed by atoms with Crippen molar-refractivity contribution in [3.63, 3.8) is 0 Å². The molecule has 0 N–H and O–H groups in total. The predicted molar refractivity (Wildman–Crippen MR) is 86.4 cm³/mol. The van der Waals surface area contributed by atoms with Gasteiger partial charge < -0.3 is 9.47 Å². The number of aryl methyl sites for hydroxylation is 1. The standard InChI is InChI=1S/C16H19FN4OS/c1-20-11-18-19-16(20)23-10-15(22)21-9-3-2-4-14(21)12-5-7-13(17)8-6-12/h5-8,11,14H,2-4,9-10H2,1H3/t14-/m1/s1. The number of nitrogens with zero attached hydrogens (tertiary/aromatic N) is 4. The minimum absolute atomic E-state index is 0.0388. The fourth-order valence-electron chi connectivity index (χ4n) is 2.87. The van der Waals surface area contributed by atoms with Crippen molar-refractivity contribution in [3.8, 4) is 0 Å². The highest BCUT2D eigenvalue weighted by molar-refractivity contribution is 7.99. The summed E-state index contributed by atoms with van der Waals surface area (Å²) in [6.07, 6.45) is 4.64. The van der Waals surface area contributed by atoms with E-state index in [1.807, 2.05) is 11.9 Å². The molecule has 1 aromatic carbocycles. The van der Waals surface area contributed by atoms with Gasteiger partial charge in [-0.15, -0.1) is 10.2 Å². The van der Waals surface area contributed by atoms with Crippen molar-refractivity contribution in [2.24, 2.45) is 7.05 Å². The smallest absolute Gasteiger partial charge is 0.233 e. The maximum Gasteiger partial charge on any atom is 0.233 e. The molecular formula is C16H19FN4OS. The Hall–Kier alpha value is -1.89. The Morgan fingerprint density at radius 3 is 2.83 bits per heavy atom. The van der Waals surface area contributed by atoms with E-state index in [2.05, 4.69) is 10.2 Å². The van der Waals surface area contributed by atoms with Crippen LogP contribution in [0.25, 0.3) is 0 Å². The highest BCUT2D eigenvalue weighted by atomic mass is 32.2. The molecule has 7 heteroatoms. The normalized spacial score (nSPS) is 18.2. The number of carbonyl (C=O) groups is 1. The molecule has 1 aliphatic heterocycles. The third kappa shape index (κ3) is 3.72. The van der Waals surface area contributed by atoms with Gasteiger partial charge in [-0.25, -0.2) is 4.39 Å². The molecule has 0 spiro atoms. The molecule has 1 saturated heterocycles. The fourth-order valence-corrected chi connectivity index (χ4v) is 3.65. The van der Waals surface area contributed by atoms with Crippen molar-refractivity contribution >= 4 is 17.7 Å². The molecule has 3 rings (SSSR count). The van der Waals surface area contributed by atoms with E-state index in [9.17, 15) is 9.18 Å². The minimum atomic E-state index is -0.250. The Morgan fingerprint density at radius 2 is 2.13 bits per heavy atom. The summed E-state index contributed by atoms with van der Waals surface area (Å²) >= 11 is 1.39. The second kappa shape index (κ2) is 7.12. The second-order valence-electron chi connectivity index (χ2n) is 5.66. The van der Waals surface area contributed by atoms with Gasteiger partial charge >= 0.3 is 0 Å². The maximum absolute atomic E-state index is 13.1. The highest BCUT2D eigenvalue weighted by Gasteiger charge is 2.28. The number of thioether (sulfide) groups is 1. The molecule has 0 saturated carbocycles. The summed E-state index contributed by atoms with van der Waals surface area (Å²) in [5.41, 5.74) is 1.00. The number of amides is 1. The number of aromatic nitrogens is 3. The number of carbonyl (C=O) groups excluding carboxylic acids is 1. The van der Waals surface area contributed by atoms with Crippen LogP contribution in [0, 0.1) is 5.82 Å². The number of rotatable bonds is 4. The molecule has 1 fully saturated rings. The molecule has 2 aromatic rings. The van der Waals surface area contributed by atoms with Crippen LogP contribution < -0.4 is 0 Å². The molecule has 5 nitrogen and oxygen atoms in total. The van der Waals surface area contributed by atoms with Crippen LogP contribution in [-0.4, -0.2) is 37.9 Å². The summed E-state index contributed by atoms with van der Waals surface area (Å²) in [6, 6.07) is 6.52. The summed E-state index contributed by atoms with van der Waals surface area (Å²) in [4.78, 5) is 14.5. The zero-order valence-corrected chi connectivity index (χ0v) is 13.8. The molecule has 1 amide bonds. The molecule has 0 radical (unpaired) electrons. The molecule has 122 valence electrons. The van der Waals surface area contributed by atoms with Crippen molar-refractivity contribution < 1.29 is 9.18 Å². The first-order valence-corrected chi connectivity index (χ1v) is 8.65. The molecule has 1 aliphatic rings. The topological polar surface area (TPSA) is 51.0 Å². The summed E-state index contributed by atoms with van der Waals surface area (Å²) < 4.78 is 14.9. The highest BCUT2D eigenvalue weighted by Crippen LogP contribution is 2.31. The second-order valence-corrected chi connectivity index (χ2v) is 6.61. The van der Waals surface area contributed by atoms with E-state index in [0.717, 1.165) is 36.5 Å². The van der Waals surface area contributed by atoms with Gasteiger partial charge in [0.1, 0.15) is 12.1 Å². The van der Waals surface area contributed by atoms with Crippen molar-refractivity contribution in [2.75, 3.05) is 12.3 Å². The van der Waals surface area contributed by atoms with Crippen LogP contribution >= 0.6 is 11.8 Å². The quantitative estimate of drug-likeness (QED) is 0.807. The third-order valence-corrected chi connectivity index (χ3v) is 5.09. The third-order valence-electron chi connectivity index (χ3n) is 4.07. The largest absolute Gasteiger partial charge is 0.335 e.